The molecule has 0 spiro atoms. The van der Waals surface area contributed by atoms with E-state index < -0.39 is 0 Å². The molecule has 0 amide bonds. The third-order valence-electron chi connectivity index (χ3n) is 1.45. The summed E-state index contributed by atoms with van der Waals surface area (Å²) in [6.45, 7) is 2.31. The Labute approximate surface area is 73.6 Å². The average Bonchev–Trinajstić information content (AvgIpc) is 2.04. The average molecular weight is 177 g/mol. The molecule has 0 bridgehead atoms. The fraction of sp³-hybridized carbons (Fsp3) is 1.00. The second kappa shape index (κ2) is 8.37. The van der Waals surface area contributed by atoms with E-state index in [0.717, 1.165) is 12.8 Å². The molecule has 0 radical (unpaired) electrons. The molecule has 2 nitrogen and oxygen atoms in total. The predicted molar refractivity (Wildman–Crippen MR) is 51.9 cm³/mol. The molecule has 0 aliphatic rings. The van der Waals surface area contributed by atoms with Crippen LogP contribution in [0.1, 0.15) is 26.2 Å². The van der Waals surface area contributed by atoms with Crippen LogP contribution in [0, 0.1) is 0 Å². The topological polar surface area (TPSA) is 46.2 Å². The Morgan fingerprint density at radius 3 is 2.73 bits per heavy atom. The van der Waals surface area contributed by atoms with Gasteiger partial charge in [0.25, 0.3) is 0 Å². The van der Waals surface area contributed by atoms with Gasteiger partial charge in [0.05, 0.1) is 6.61 Å². The molecule has 0 saturated heterocycles. The molecule has 0 aliphatic carbocycles. The molecule has 0 heterocycles. The maximum absolute atomic E-state index is 8.61. The Morgan fingerprint density at radius 2 is 2.18 bits per heavy atom. The summed E-state index contributed by atoms with van der Waals surface area (Å²) >= 11 is 1.97. The van der Waals surface area contributed by atoms with Gasteiger partial charge in [0.15, 0.2) is 0 Å². The van der Waals surface area contributed by atoms with Gasteiger partial charge in [-0.1, -0.05) is 6.92 Å². The third kappa shape index (κ3) is 8.17. The fourth-order valence-corrected chi connectivity index (χ4v) is 1.65. The quantitative estimate of drug-likeness (QED) is 0.575. The van der Waals surface area contributed by atoms with Gasteiger partial charge >= 0.3 is 0 Å². The van der Waals surface area contributed by atoms with Crippen LogP contribution in [0.3, 0.4) is 0 Å². The first-order chi connectivity index (χ1) is 5.31. The zero-order valence-corrected chi connectivity index (χ0v) is 8.07. The first-order valence-electron chi connectivity index (χ1n) is 4.25. The molecule has 68 valence electrons. The van der Waals surface area contributed by atoms with Crippen molar-refractivity contribution in [3.05, 3.63) is 0 Å². The van der Waals surface area contributed by atoms with E-state index in [4.69, 9.17) is 10.8 Å². The maximum atomic E-state index is 8.61. The van der Waals surface area contributed by atoms with Gasteiger partial charge in [-0.15, -0.1) is 0 Å². The number of hydrogen-bond acceptors (Lipinski definition) is 3. The van der Waals surface area contributed by atoms with E-state index in [1.54, 1.807) is 0 Å². The molecule has 1 unspecified atom stereocenters. The highest BCUT2D eigenvalue weighted by Crippen LogP contribution is 2.06. The van der Waals surface area contributed by atoms with E-state index in [0.29, 0.717) is 0 Å². The SMILES string of the molecule is CCCSCCCC(N)CO. The van der Waals surface area contributed by atoms with Crippen molar-refractivity contribution < 1.29 is 5.11 Å². The van der Waals surface area contributed by atoms with Gasteiger partial charge in [-0.25, -0.2) is 0 Å². The number of aliphatic hydroxyl groups is 1. The summed E-state index contributed by atoms with van der Waals surface area (Å²) in [5.74, 6) is 2.43. The standard InChI is InChI=1S/C8H19NOS/c1-2-5-11-6-3-4-8(9)7-10/h8,10H,2-7,9H2,1H3. The lowest BCUT2D eigenvalue weighted by Crippen LogP contribution is -2.24. The zero-order valence-electron chi connectivity index (χ0n) is 7.25. The van der Waals surface area contributed by atoms with Crippen LogP contribution in [0.4, 0.5) is 0 Å². The minimum Gasteiger partial charge on any atom is -0.395 e. The van der Waals surface area contributed by atoms with Crippen molar-refractivity contribution in [3.8, 4) is 0 Å². The summed E-state index contributed by atoms with van der Waals surface area (Å²) in [6, 6.07) is -0.00257. The van der Waals surface area contributed by atoms with Crippen molar-refractivity contribution in [1.29, 1.82) is 0 Å². The summed E-state index contributed by atoms with van der Waals surface area (Å²) in [4.78, 5) is 0. The van der Waals surface area contributed by atoms with Crippen molar-refractivity contribution in [2.45, 2.75) is 32.2 Å². The van der Waals surface area contributed by atoms with Crippen molar-refractivity contribution in [1.82, 2.24) is 0 Å². The zero-order chi connectivity index (χ0) is 8.53. The lowest BCUT2D eigenvalue weighted by molar-refractivity contribution is 0.259. The molecule has 0 fully saturated rings. The molecule has 0 aromatic carbocycles. The number of rotatable bonds is 7. The molecule has 1 atom stereocenters. The van der Waals surface area contributed by atoms with Gasteiger partial charge in [-0.2, -0.15) is 11.8 Å². The normalized spacial score (nSPS) is 13.4. The first kappa shape index (κ1) is 11.3. The minimum absolute atomic E-state index is 0.00257. The van der Waals surface area contributed by atoms with Gasteiger partial charge in [-0.05, 0) is 30.8 Å². The first-order valence-corrected chi connectivity index (χ1v) is 5.41. The van der Waals surface area contributed by atoms with Gasteiger partial charge in [-0.3, -0.25) is 0 Å². The highest BCUT2D eigenvalue weighted by molar-refractivity contribution is 7.99. The summed E-state index contributed by atoms with van der Waals surface area (Å²) in [7, 11) is 0. The van der Waals surface area contributed by atoms with Crippen molar-refractivity contribution in [2.75, 3.05) is 18.1 Å². The molecule has 11 heavy (non-hydrogen) atoms. The number of hydrogen-bond donors (Lipinski definition) is 2. The van der Waals surface area contributed by atoms with Crippen LogP contribution in [0.15, 0.2) is 0 Å². The maximum Gasteiger partial charge on any atom is 0.0582 e. The largest absolute Gasteiger partial charge is 0.395 e. The van der Waals surface area contributed by atoms with Crippen LogP contribution in [0.25, 0.3) is 0 Å². The molecule has 0 aromatic rings. The van der Waals surface area contributed by atoms with Gasteiger partial charge in [0, 0.05) is 6.04 Å². The minimum atomic E-state index is -0.00257. The fourth-order valence-electron chi connectivity index (χ4n) is 0.785. The van der Waals surface area contributed by atoms with Crippen molar-refractivity contribution in [3.63, 3.8) is 0 Å². The third-order valence-corrected chi connectivity index (χ3v) is 2.72. The van der Waals surface area contributed by atoms with Crippen molar-refractivity contribution >= 4 is 11.8 Å². The van der Waals surface area contributed by atoms with Gasteiger partial charge in [0.1, 0.15) is 0 Å². The van der Waals surface area contributed by atoms with E-state index in [-0.39, 0.29) is 12.6 Å². The molecular weight excluding hydrogens is 158 g/mol. The molecule has 0 aliphatic heterocycles. The molecule has 3 N–H and O–H groups in total. The van der Waals surface area contributed by atoms with E-state index in [9.17, 15) is 0 Å². The Kier molecular flexibility index (Phi) is 8.57. The summed E-state index contributed by atoms with van der Waals surface area (Å²) in [6.07, 6.45) is 3.33. The van der Waals surface area contributed by atoms with Gasteiger partial charge < -0.3 is 10.8 Å². The van der Waals surface area contributed by atoms with Crippen LogP contribution >= 0.6 is 11.8 Å². The summed E-state index contributed by atoms with van der Waals surface area (Å²) in [5, 5.41) is 8.61. The van der Waals surface area contributed by atoms with Crippen molar-refractivity contribution in [2.24, 2.45) is 5.73 Å². The molecule has 3 heteroatoms. The highest BCUT2D eigenvalue weighted by atomic mass is 32.2. The Bertz CT molecular complexity index is 80.5. The Balaban J connectivity index is 2.89. The number of aliphatic hydroxyl groups excluding tert-OH is 1. The second-order valence-corrected chi connectivity index (χ2v) is 3.92. The molecule has 0 saturated carbocycles. The predicted octanol–water partition coefficient (Wildman–Crippen LogP) is 1.23. The number of nitrogens with two attached hydrogens (primary N) is 1. The van der Waals surface area contributed by atoms with E-state index >= 15 is 0 Å². The Hall–Kier alpha value is 0.270. The Morgan fingerprint density at radius 1 is 1.45 bits per heavy atom. The highest BCUT2D eigenvalue weighted by Gasteiger charge is 1.98. The van der Waals surface area contributed by atoms with Crippen LogP contribution in [-0.4, -0.2) is 29.3 Å². The monoisotopic (exact) mass is 177 g/mol. The molecular formula is C8H19NOS. The van der Waals surface area contributed by atoms with Crippen LogP contribution in [0.2, 0.25) is 0 Å². The smallest absolute Gasteiger partial charge is 0.0582 e. The van der Waals surface area contributed by atoms with E-state index in [1.807, 2.05) is 11.8 Å². The van der Waals surface area contributed by atoms with E-state index in [1.165, 1.54) is 17.9 Å². The molecule has 0 rings (SSSR count). The lowest BCUT2D eigenvalue weighted by atomic mass is 10.2. The van der Waals surface area contributed by atoms with Gasteiger partial charge in [0.2, 0.25) is 0 Å². The second-order valence-electron chi connectivity index (χ2n) is 2.70. The van der Waals surface area contributed by atoms with Crippen LogP contribution in [-0.2, 0) is 0 Å². The van der Waals surface area contributed by atoms with Crippen LogP contribution < -0.4 is 5.73 Å². The summed E-state index contributed by atoms with van der Waals surface area (Å²) < 4.78 is 0. The van der Waals surface area contributed by atoms with Crippen LogP contribution in [0.5, 0.6) is 0 Å². The number of thioether (sulfide) groups is 1. The molecule has 0 aromatic heterocycles. The summed E-state index contributed by atoms with van der Waals surface area (Å²) in [5.41, 5.74) is 5.53. The van der Waals surface area contributed by atoms with E-state index in [2.05, 4.69) is 6.92 Å². The lowest BCUT2D eigenvalue weighted by Gasteiger charge is -2.06.